The van der Waals surface area contributed by atoms with E-state index in [1.165, 1.54) is 18.2 Å². The Morgan fingerprint density at radius 1 is 1.16 bits per heavy atom. The molecule has 1 N–H and O–H groups in total. The summed E-state index contributed by atoms with van der Waals surface area (Å²) < 4.78 is 40.7. The summed E-state index contributed by atoms with van der Waals surface area (Å²) in [7, 11) is -1.82. The largest absolute Gasteiger partial charge is 0.354 e. The number of piperazine rings is 1. The second kappa shape index (κ2) is 7.47. The van der Waals surface area contributed by atoms with Gasteiger partial charge in [-0.1, -0.05) is 12.1 Å². The number of pyridine rings is 1. The van der Waals surface area contributed by atoms with Gasteiger partial charge in [0.25, 0.3) is 0 Å². The van der Waals surface area contributed by atoms with Crippen LogP contribution >= 0.6 is 0 Å². The third-order valence-electron chi connectivity index (χ3n) is 4.23. The molecule has 0 aliphatic carbocycles. The van der Waals surface area contributed by atoms with Crippen molar-refractivity contribution in [3.8, 4) is 0 Å². The van der Waals surface area contributed by atoms with Gasteiger partial charge in [-0.2, -0.15) is 0 Å². The molecule has 1 aliphatic heterocycles. The minimum absolute atomic E-state index is 0.0833. The number of hydrogen-bond donors (Lipinski definition) is 1. The lowest BCUT2D eigenvalue weighted by Crippen LogP contribution is -2.44. The van der Waals surface area contributed by atoms with Gasteiger partial charge in [-0.3, -0.25) is 0 Å². The molecule has 0 atom stereocenters. The van der Waals surface area contributed by atoms with E-state index in [2.05, 4.69) is 26.6 Å². The Balaban J connectivity index is 1.69. The lowest BCUT2D eigenvalue weighted by atomic mass is 10.2. The Kier molecular flexibility index (Phi) is 5.31. The van der Waals surface area contributed by atoms with Crippen LogP contribution in [-0.4, -0.2) is 51.5 Å². The fourth-order valence-corrected chi connectivity index (χ4v) is 3.79. The van der Waals surface area contributed by atoms with Crippen LogP contribution in [0.25, 0.3) is 0 Å². The fraction of sp³-hybridized carbons (Fsp3) is 0.353. The van der Waals surface area contributed by atoms with E-state index in [0.29, 0.717) is 0 Å². The van der Waals surface area contributed by atoms with Crippen LogP contribution in [-0.2, 0) is 16.6 Å². The van der Waals surface area contributed by atoms with Crippen LogP contribution in [0.15, 0.2) is 47.5 Å². The summed E-state index contributed by atoms with van der Waals surface area (Å²) in [5.41, 5.74) is 0.781. The van der Waals surface area contributed by atoms with Gasteiger partial charge in [0.1, 0.15) is 16.5 Å². The number of benzene rings is 1. The first-order chi connectivity index (χ1) is 12.0. The molecule has 0 bridgehead atoms. The van der Waals surface area contributed by atoms with Gasteiger partial charge in [0.05, 0.1) is 0 Å². The molecule has 8 heteroatoms. The molecule has 2 aromatic rings. The van der Waals surface area contributed by atoms with Crippen molar-refractivity contribution < 1.29 is 12.8 Å². The van der Waals surface area contributed by atoms with Crippen LogP contribution in [0.2, 0.25) is 0 Å². The number of likely N-dealkylation sites (N-methyl/N-ethyl adjacent to an activating group) is 1. The summed E-state index contributed by atoms with van der Waals surface area (Å²) in [6, 6.07) is 8.96. The van der Waals surface area contributed by atoms with Crippen LogP contribution in [0.5, 0.6) is 0 Å². The summed E-state index contributed by atoms with van der Waals surface area (Å²) in [6.45, 7) is 3.78. The van der Waals surface area contributed by atoms with Crippen molar-refractivity contribution in [2.24, 2.45) is 0 Å². The van der Waals surface area contributed by atoms with E-state index in [1.54, 1.807) is 12.3 Å². The average Bonchev–Trinajstić information content (AvgIpc) is 2.61. The van der Waals surface area contributed by atoms with Crippen molar-refractivity contribution in [3.05, 3.63) is 54.0 Å². The van der Waals surface area contributed by atoms with Crippen molar-refractivity contribution in [1.82, 2.24) is 14.6 Å². The minimum atomic E-state index is -3.90. The molecule has 0 spiro atoms. The van der Waals surface area contributed by atoms with Gasteiger partial charge in [0.2, 0.25) is 10.0 Å². The van der Waals surface area contributed by atoms with E-state index < -0.39 is 15.8 Å². The highest BCUT2D eigenvalue weighted by Gasteiger charge is 2.19. The SMILES string of the molecule is CN1CCN(c2cc(CNS(=O)(=O)c3ccccc3F)ccn2)CC1. The van der Waals surface area contributed by atoms with E-state index in [1.807, 2.05) is 6.07 Å². The van der Waals surface area contributed by atoms with Crippen LogP contribution in [0.3, 0.4) is 0 Å². The molecule has 25 heavy (non-hydrogen) atoms. The summed E-state index contributed by atoms with van der Waals surface area (Å²) in [6.07, 6.45) is 1.67. The lowest BCUT2D eigenvalue weighted by molar-refractivity contribution is 0.312. The third-order valence-corrected chi connectivity index (χ3v) is 5.66. The Hall–Kier alpha value is -2.03. The highest BCUT2D eigenvalue weighted by molar-refractivity contribution is 7.89. The van der Waals surface area contributed by atoms with Gasteiger partial charge in [-0.05, 0) is 36.9 Å². The maximum atomic E-state index is 13.7. The number of nitrogens with zero attached hydrogens (tertiary/aromatic N) is 3. The number of sulfonamides is 1. The Labute approximate surface area is 147 Å². The quantitative estimate of drug-likeness (QED) is 0.870. The second-order valence-electron chi connectivity index (χ2n) is 6.07. The zero-order valence-corrected chi connectivity index (χ0v) is 14.8. The molecule has 3 rings (SSSR count). The first-order valence-corrected chi connectivity index (χ1v) is 9.57. The first-order valence-electron chi connectivity index (χ1n) is 8.08. The van der Waals surface area contributed by atoms with Gasteiger partial charge in [-0.15, -0.1) is 0 Å². The van der Waals surface area contributed by atoms with E-state index >= 15 is 0 Å². The van der Waals surface area contributed by atoms with Gasteiger partial charge in [0.15, 0.2) is 0 Å². The van der Waals surface area contributed by atoms with Crippen molar-refractivity contribution in [2.75, 3.05) is 38.1 Å². The monoisotopic (exact) mass is 364 g/mol. The molecule has 0 amide bonds. The van der Waals surface area contributed by atoms with E-state index in [0.717, 1.165) is 43.6 Å². The molecule has 1 saturated heterocycles. The highest BCUT2D eigenvalue weighted by Crippen LogP contribution is 2.17. The Morgan fingerprint density at radius 3 is 2.60 bits per heavy atom. The zero-order valence-electron chi connectivity index (χ0n) is 14.0. The van der Waals surface area contributed by atoms with E-state index in [9.17, 15) is 12.8 Å². The molecular formula is C17H21FN4O2S. The number of rotatable bonds is 5. The van der Waals surface area contributed by atoms with Crippen LogP contribution in [0.4, 0.5) is 10.2 Å². The molecule has 1 aliphatic rings. The third kappa shape index (κ3) is 4.33. The van der Waals surface area contributed by atoms with Gasteiger partial charge < -0.3 is 9.80 Å². The minimum Gasteiger partial charge on any atom is -0.354 e. The lowest BCUT2D eigenvalue weighted by Gasteiger charge is -2.33. The molecule has 1 aromatic heterocycles. The summed E-state index contributed by atoms with van der Waals surface area (Å²) in [5.74, 6) is 0.0681. The number of hydrogen-bond acceptors (Lipinski definition) is 5. The van der Waals surface area contributed by atoms with E-state index in [-0.39, 0.29) is 11.4 Å². The highest BCUT2D eigenvalue weighted by atomic mass is 32.2. The predicted octanol–water partition coefficient (Wildman–Crippen LogP) is 1.45. The van der Waals surface area contributed by atoms with Crippen molar-refractivity contribution >= 4 is 15.8 Å². The first kappa shape index (κ1) is 17.8. The molecule has 1 aromatic carbocycles. The molecule has 2 heterocycles. The summed E-state index contributed by atoms with van der Waals surface area (Å²) in [4.78, 5) is 8.46. The Bertz CT molecular complexity index is 836. The zero-order chi connectivity index (χ0) is 17.9. The Morgan fingerprint density at radius 2 is 1.88 bits per heavy atom. The maximum absolute atomic E-state index is 13.7. The van der Waals surface area contributed by atoms with Crippen LogP contribution in [0, 0.1) is 5.82 Å². The predicted molar refractivity (Wildman–Crippen MR) is 94.4 cm³/mol. The second-order valence-corrected chi connectivity index (χ2v) is 7.80. The summed E-state index contributed by atoms with van der Waals surface area (Å²) >= 11 is 0. The average molecular weight is 364 g/mol. The smallest absolute Gasteiger partial charge is 0.243 e. The number of anilines is 1. The standard InChI is InChI=1S/C17H21FN4O2S/c1-21-8-10-22(11-9-21)17-12-14(6-7-19-17)13-20-25(23,24)16-5-3-2-4-15(16)18/h2-7,12,20H,8-11,13H2,1H3. The van der Waals surface area contributed by atoms with Crippen molar-refractivity contribution in [2.45, 2.75) is 11.4 Å². The molecular weight excluding hydrogens is 343 g/mol. The van der Waals surface area contributed by atoms with Gasteiger partial charge in [0, 0.05) is 38.9 Å². The van der Waals surface area contributed by atoms with Gasteiger partial charge >= 0.3 is 0 Å². The summed E-state index contributed by atoms with van der Waals surface area (Å²) in [5, 5.41) is 0. The number of nitrogens with one attached hydrogen (secondary N) is 1. The van der Waals surface area contributed by atoms with Crippen molar-refractivity contribution in [3.63, 3.8) is 0 Å². The van der Waals surface area contributed by atoms with Crippen LogP contribution < -0.4 is 9.62 Å². The molecule has 0 unspecified atom stereocenters. The molecule has 134 valence electrons. The molecule has 1 fully saturated rings. The fourth-order valence-electron chi connectivity index (χ4n) is 2.70. The molecule has 0 saturated carbocycles. The topological polar surface area (TPSA) is 65.5 Å². The maximum Gasteiger partial charge on any atom is 0.243 e. The molecule has 0 radical (unpaired) electrons. The number of aromatic nitrogens is 1. The molecule has 6 nitrogen and oxygen atoms in total. The number of halogens is 1. The van der Waals surface area contributed by atoms with Gasteiger partial charge in [-0.25, -0.2) is 22.5 Å². The van der Waals surface area contributed by atoms with E-state index in [4.69, 9.17) is 0 Å². The van der Waals surface area contributed by atoms with Crippen molar-refractivity contribution in [1.29, 1.82) is 0 Å². The normalized spacial score (nSPS) is 16.2. The van der Waals surface area contributed by atoms with Crippen LogP contribution in [0.1, 0.15) is 5.56 Å².